The third kappa shape index (κ3) is 5.38. The van der Waals surface area contributed by atoms with Crippen LogP contribution in [-0.2, 0) is 10.0 Å². The number of anilines is 2. The van der Waals surface area contributed by atoms with Gasteiger partial charge in [-0.25, -0.2) is 8.42 Å². The number of nitrogens with one attached hydrogen (secondary N) is 1. The van der Waals surface area contributed by atoms with Gasteiger partial charge in [0.05, 0.1) is 34.8 Å². The lowest BCUT2D eigenvalue weighted by Crippen LogP contribution is -2.31. The van der Waals surface area contributed by atoms with Gasteiger partial charge >= 0.3 is 0 Å². The van der Waals surface area contributed by atoms with Crippen LogP contribution in [0.4, 0.5) is 11.4 Å². The standard InChI is InChI=1S/C24H22ClN3O5S/c1-3-13-28(18-7-9-19(33-2)10-8-18)34(31,32)20-11-12-22(25)21(15-20)24(30)27-17-6-4-5-16(14-17)23(26)29/h3-12,14-15H,1,13H2,2H3,(H2,26,29)(H,27,30). The molecule has 3 N–H and O–H groups in total. The minimum absolute atomic E-state index is 0.00126. The Balaban J connectivity index is 1.96. The number of primary amides is 1. The van der Waals surface area contributed by atoms with Crippen LogP contribution < -0.4 is 20.1 Å². The Bertz CT molecular complexity index is 1340. The van der Waals surface area contributed by atoms with Crippen LogP contribution in [0, 0.1) is 0 Å². The van der Waals surface area contributed by atoms with Crippen molar-refractivity contribution < 1.29 is 22.7 Å². The molecule has 2 amide bonds. The van der Waals surface area contributed by atoms with Crippen molar-refractivity contribution in [3.8, 4) is 5.75 Å². The summed E-state index contributed by atoms with van der Waals surface area (Å²) in [7, 11) is -2.57. The highest BCUT2D eigenvalue weighted by Gasteiger charge is 2.26. The van der Waals surface area contributed by atoms with Gasteiger partial charge in [0.1, 0.15) is 5.75 Å². The van der Waals surface area contributed by atoms with Crippen molar-refractivity contribution in [2.75, 3.05) is 23.3 Å². The van der Waals surface area contributed by atoms with Crippen molar-refractivity contribution in [3.63, 3.8) is 0 Å². The van der Waals surface area contributed by atoms with Gasteiger partial charge in [-0.1, -0.05) is 23.7 Å². The van der Waals surface area contributed by atoms with Gasteiger partial charge in [-0.15, -0.1) is 6.58 Å². The number of halogens is 1. The molecule has 0 unspecified atom stereocenters. The summed E-state index contributed by atoms with van der Waals surface area (Å²) in [5.41, 5.74) is 6.12. The minimum atomic E-state index is -4.08. The summed E-state index contributed by atoms with van der Waals surface area (Å²) in [4.78, 5) is 24.1. The third-order valence-electron chi connectivity index (χ3n) is 4.83. The molecule has 0 bridgehead atoms. The summed E-state index contributed by atoms with van der Waals surface area (Å²) >= 11 is 6.21. The Morgan fingerprint density at radius 1 is 1.12 bits per heavy atom. The summed E-state index contributed by atoms with van der Waals surface area (Å²) in [6.07, 6.45) is 1.46. The van der Waals surface area contributed by atoms with Crippen LogP contribution in [0.1, 0.15) is 20.7 Å². The second kappa shape index (κ2) is 10.4. The van der Waals surface area contributed by atoms with Gasteiger partial charge in [0, 0.05) is 11.3 Å². The van der Waals surface area contributed by atoms with Gasteiger partial charge in [0.2, 0.25) is 5.91 Å². The first-order chi connectivity index (χ1) is 16.2. The van der Waals surface area contributed by atoms with Crippen molar-refractivity contribution in [3.05, 3.63) is 95.5 Å². The Morgan fingerprint density at radius 2 is 1.82 bits per heavy atom. The lowest BCUT2D eigenvalue weighted by Gasteiger charge is -2.23. The topological polar surface area (TPSA) is 119 Å². The molecular formula is C24H22ClN3O5S. The average molecular weight is 500 g/mol. The quantitative estimate of drug-likeness (QED) is 0.430. The molecule has 0 atom stereocenters. The highest BCUT2D eigenvalue weighted by atomic mass is 35.5. The maximum atomic E-state index is 13.5. The summed E-state index contributed by atoms with van der Waals surface area (Å²) in [6.45, 7) is 3.64. The summed E-state index contributed by atoms with van der Waals surface area (Å²) in [6, 6.07) is 16.4. The minimum Gasteiger partial charge on any atom is -0.497 e. The molecule has 8 nitrogen and oxygen atoms in total. The van der Waals surface area contributed by atoms with Gasteiger partial charge in [0.25, 0.3) is 15.9 Å². The number of sulfonamides is 1. The Labute approximate surface area is 202 Å². The third-order valence-corrected chi connectivity index (χ3v) is 6.95. The summed E-state index contributed by atoms with van der Waals surface area (Å²) in [5, 5.41) is 2.66. The molecule has 3 rings (SSSR count). The zero-order chi connectivity index (χ0) is 24.9. The molecule has 0 saturated carbocycles. The van der Waals surface area contributed by atoms with Crippen LogP contribution in [-0.4, -0.2) is 33.9 Å². The normalized spacial score (nSPS) is 10.9. The Morgan fingerprint density at radius 3 is 2.44 bits per heavy atom. The molecule has 3 aromatic carbocycles. The first-order valence-corrected chi connectivity index (χ1v) is 11.8. The van der Waals surface area contributed by atoms with E-state index in [0.29, 0.717) is 17.1 Å². The molecule has 10 heteroatoms. The highest BCUT2D eigenvalue weighted by molar-refractivity contribution is 7.92. The monoisotopic (exact) mass is 499 g/mol. The molecule has 0 saturated heterocycles. The van der Waals surface area contributed by atoms with Crippen molar-refractivity contribution in [2.45, 2.75) is 4.90 Å². The van der Waals surface area contributed by atoms with Crippen molar-refractivity contribution in [1.29, 1.82) is 0 Å². The maximum Gasteiger partial charge on any atom is 0.264 e. The SMILES string of the molecule is C=CCN(c1ccc(OC)cc1)S(=O)(=O)c1ccc(Cl)c(C(=O)Nc2cccc(C(N)=O)c2)c1. The second-order valence-corrected chi connectivity index (χ2v) is 9.33. The average Bonchev–Trinajstić information content (AvgIpc) is 2.82. The number of carbonyl (C=O) groups excluding carboxylic acids is 2. The van der Waals surface area contributed by atoms with E-state index in [-0.39, 0.29) is 27.6 Å². The van der Waals surface area contributed by atoms with Gasteiger partial charge in [-0.3, -0.25) is 13.9 Å². The number of hydrogen-bond acceptors (Lipinski definition) is 5. The molecule has 34 heavy (non-hydrogen) atoms. The van der Waals surface area contributed by atoms with E-state index in [9.17, 15) is 18.0 Å². The molecule has 3 aromatic rings. The number of methoxy groups -OCH3 is 1. The van der Waals surface area contributed by atoms with E-state index in [1.165, 1.54) is 43.5 Å². The number of nitrogens with two attached hydrogens (primary N) is 1. The molecule has 0 radical (unpaired) electrons. The summed E-state index contributed by atoms with van der Waals surface area (Å²) < 4.78 is 33.2. The van der Waals surface area contributed by atoms with Gasteiger partial charge in [-0.05, 0) is 60.7 Å². The number of rotatable bonds is 9. The van der Waals surface area contributed by atoms with Crippen LogP contribution in [0.25, 0.3) is 0 Å². The molecule has 0 aromatic heterocycles. The Kier molecular flexibility index (Phi) is 7.60. The largest absolute Gasteiger partial charge is 0.497 e. The number of hydrogen-bond donors (Lipinski definition) is 2. The molecule has 0 aliphatic carbocycles. The van der Waals surface area contributed by atoms with Crippen LogP contribution in [0.5, 0.6) is 5.75 Å². The van der Waals surface area contributed by atoms with Crippen molar-refractivity contribution in [2.24, 2.45) is 5.73 Å². The second-order valence-electron chi connectivity index (χ2n) is 7.06. The van der Waals surface area contributed by atoms with E-state index in [0.717, 1.165) is 4.31 Å². The predicted octanol–water partition coefficient (Wildman–Crippen LogP) is 4.08. The first-order valence-electron chi connectivity index (χ1n) is 9.96. The smallest absolute Gasteiger partial charge is 0.264 e. The number of ether oxygens (including phenoxy) is 1. The van der Waals surface area contributed by atoms with E-state index in [1.807, 2.05) is 0 Å². The van der Waals surface area contributed by atoms with Gasteiger partial charge < -0.3 is 15.8 Å². The number of amides is 2. The Hall–Kier alpha value is -3.82. The van der Waals surface area contributed by atoms with Crippen molar-refractivity contribution in [1.82, 2.24) is 0 Å². The van der Waals surface area contributed by atoms with E-state index in [2.05, 4.69) is 11.9 Å². The van der Waals surface area contributed by atoms with E-state index in [4.69, 9.17) is 22.1 Å². The molecule has 176 valence electrons. The number of carbonyl (C=O) groups is 2. The predicted molar refractivity (Wildman–Crippen MR) is 132 cm³/mol. The summed E-state index contributed by atoms with van der Waals surface area (Å²) in [5.74, 6) is -0.725. The van der Waals surface area contributed by atoms with Crippen LogP contribution in [0.3, 0.4) is 0 Å². The van der Waals surface area contributed by atoms with Crippen LogP contribution in [0.15, 0.2) is 84.3 Å². The maximum absolute atomic E-state index is 13.5. The zero-order valence-electron chi connectivity index (χ0n) is 18.2. The van der Waals surface area contributed by atoms with E-state index >= 15 is 0 Å². The van der Waals surface area contributed by atoms with Crippen LogP contribution in [0.2, 0.25) is 5.02 Å². The van der Waals surface area contributed by atoms with E-state index in [1.54, 1.807) is 36.4 Å². The molecule has 0 aliphatic rings. The molecule has 0 fully saturated rings. The van der Waals surface area contributed by atoms with E-state index < -0.39 is 21.8 Å². The molecule has 0 heterocycles. The zero-order valence-corrected chi connectivity index (χ0v) is 19.8. The molecule has 0 spiro atoms. The highest BCUT2D eigenvalue weighted by Crippen LogP contribution is 2.28. The van der Waals surface area contributed by atoms with Gasteiger partial charge in [-0.2, -0.15) is 0 Å². The lowest BCUT2D eigenvalue weighted by atomic mass is 10.1. The van der Waals surface area contributed by atoms with Gasteiger partial charge in [0.15, 0.2) is 0 Å². The lowest BCUT2D eigenvalue weighted by molar-refractivity contribution is 0.0996. The first kappa shape index (κ1) is 24.8. The molecule has 0 aliphatic heterocycles. The fraction of sp³-hybridized carbons (Fsp3) is 0.0833. The fourth-order valence-electron chi connectivity index (χ4n) is 3.12. The van der Waals surface area contributed by atoms with Crippen molar-refractivity contribution >= 4 is 44.8 Å². The number of nitrogens with zero attached hydrogens (tertiary/aromatic N) is 1. The fourth-order valence-corrected chi connectivity index (χ4v) is 4.79. The molecular weight excluding hydrogens is 478 g/mol. The number of benzene rings is 3. The van der Waals surface area contributed by atoms with Crippen LogP contribution >= 0.6 is 11.6 Å².